The maximum absolute atomic E-state index is 14.0. The lowest BCUT2D eigenvalue weighted by Crippen LogP contribution is -2.45. The molecule has 5 rings (SSSR count). The van der Waals surface area contributed by atoms with Gasteiger partial charge in [-0.2, -0.15) is 0 Å². The lowest BCUT2D eigenvalue weighted by Gasteiger charge is -2.31. The Hall–Kier alpha value is -5.59. The van der Waals surface area contributed by atoms with Gasteiger partial charge >= 0.3 is 0 Å². The van der Waals surface area contributed by atoms with Gasteiger partial charge in [0.05, 0.1) is 19.1 Å². The number of benzene rings is 5. The maximum atomic E-state index is 14.0. The minimum absolute atomic E-state index is 0.0613. The van der Waals surface area contributed by atoms with Crippen LogP contribution in [0.3, 0.4) is 0 Å². The molecule has 0 radical (unpaired) electrons. The number of amides is 2. The average molecular weight is 746 g/mol. The Morgan fingerprint density at radius 2 is 1.46 bits per heavy atom. The number of methoxy groups -OCH3 is 2. The number of rotatable bonds is 16. The second-order valence-corrected chi connectivity index (χ2v) is 13.7. The smallest absolute Gasteiger partial charge is 0.261 e. The van der Waals surface area contributed by atoms with Gasteiger partial charge in [-0.3, -0.25) is 14.3 Å². The SMILES string of the molecule is COc1ccc(CCNC(=O)[C@H](c2ccccc2)N(Cc2ccc(Cl)cc2)C(=O)COc2ccc(S(=O)(=O)Nc3ccc(F)cc3)cc2)cc1OC. The zero-order valence-corrected chi connectivity index (χ0v) is 30.0. The van der Waals surface area contributed by atoms with Gasteiger partial charge in [-0.1, -0.05) is 60.1 Å². The molecule has 0 aliphatic rings. The molecule has 10 nitrogen and oxygen atoms in total. The van der Waals surface area contributed by atoms with Gasteiger partial charge in [0.15, 0.2) is 18.1 Å². The molecule has 5 aromatic rings. The molecule has 2 amide bonds. The van der Waals surface area contributed by atoms with Crippen LogP contribution in [-0.4, -0.2) is 52.5 Å². The molecule has 52 heavy (non-hydrogen) atoms. The zero-order chi connectivity index (χ0) is 37.1. The van der Waals surface area contributed by atoms with Crippen molar-refractivity contribution in [3.05, 3.63) is 149 Å². The van der Waals surface area contributed by atoms with Gasteiger partial charge in [-0.15, -0.1) is 0 Å². The minimum atomic E-state index is -3.98. The highest BCUT2D eigenvalue weighted by molar-refractivity contribution is 7.92. The fraction of sp³-hybridized carbons (Fsp3) is 0.179. The highest BCUT2D eigenvalue weighted by atomic mass is 35.5. The zero-order valence-electron chi connectivity index (χ0n) is 28.4. The summed E-state index contributed by atoms with van der Waals surface area (Å²) in [5, 5.41) is 3.52. The number of anilines is 1. The van der Waals surface area contributed by atoms with Gasteiger partial charge in [-0.05, 0) is 95.9 Å². The van der Waals surface area contributed by atoms with E-state index in [1.807, 2.05) is 18.2 Å². The summed E-state index contributed by atoms with van der Waals surface area (Å²) < 4.78 is 57.9. The fourth-order valence-corrected chi connectivity index (χ4v) is 6.54. The van der Waals surface area contributed by atoms with Crippen molar-refractivity contribution in [3.8, 4) is 17.2 Å². The summed E-state index contributed by atoms with van der Waals surface area (Å²) in [5.41, 5.74) is 2.45. The number of carbonyl (C=O) groups is 2. The normalized spacial score (nSPS) is 11.6. The molecule has 0 spiro atoms. The second-order valence-electron chi connectivity index (χ2n) is 11.6. The number of hydrogen-bond donors (Lipinski definition) is 2. The van der Waals surface area contributed by atoms with Crippen molar-refractivity contribution in [1.82, 2.24) is 10.2 Å². The first-order valence-electron chi connectivity index (χ1n) is 16.1. The quantitative estimate of drug-likeness (QED) is 0.114. The first-order valence-corrected chi connectivity index (χ1v) is 18.0. The fourth-order valence-electron chi connectivity index (χ4n) is 5.36. The summed E-state index contributed by atoms with van der Waals surface area (Å²) in [6, 6.07) is 30.9. The molecule has 0 bridgehead atoms. The Morgan fingerprint density at radius 3 is 2.12 bits per heavy atom. The minimum Gasteiger partial charge on any atom is -0.493 e. The molecule has 0 aliphatic heterocycles. The van der Waals surface area contributed by atoms with E-state index in [1.165, 1.54) is 41.3 Å². The Balaban J connectivity index is 1.33. The van der Waals surface area contributed by atoms with E-state index in [0.717, 1.165) is 23.3 Å². The van der Waals surface area contributed by atoms with Crippen LogP contribution < -0.4 is 24.2 Å². The van der Waals surface area contributed by atoms with Crippen LogP contribution >= 0.6 is 11.6 Å². The third-order valence-corrected chi connectivity index (χ3v) is 9.66. The van der Waals surface area contributed by atoms with Crippen LogP contribution in [0.4, 0.5) is 10.1 Å². The molecule has 0 saturated carbocycles. The van der Waals surface area contributed by atoms with Gasteiger partial charge in [0.1, 0.15) is 17.6 Å². The first-order chi connectivity index (χ1) is 25.1. The Kier molecular flexibility index (Phi) is 12.7. The van der Waals surface area contributed by atoms with E-state index in [1.54, 1.807) is 68.8 Å². The topological polar surface area (TPSA) is 123 Å². The predicted octanol–water partition coefficient (Wildman–Crippen LogP) is 6.80. The van der Waals surface area contributed by atoms with Crippen molar-refractivity contribution < 1.29 is 36.6 Å². The van der Waals surface area contributed by atoms with Crippen LogP contribution in [0.25, 0.3) is 0 Å². The van der Waals surface area contributed by atoms with Crippen LogP contribution in [0.1, 0.15) is 22.7 Å². The van der Waals surface area contributed by atoms with Gasteiger partial charge in [0.25, 0.3) is 15.9 Å². The third kappa shape index (κ3) is 10.0. The molecular formula is C39H37ClFN3O7S. The Labute approximate surface area is 307 Å². The molecule has 0 unspecified atom stereocenters. The van der Waals surface area contributed by atoms with E-state index in [0.29, 0.717) is 28.5 Å². The van der Waals surface area contributed by atoms with E-state index in [4.69, 9.17) is 25.8 Å². The number of hydrogen-bond acceptors (Lipinski definition) is 7. The van der Waals surface area contributed by atoms with Crippen molar-refractivity contribution in [2.24, 2.45) is 0 Å². The molecule has 5 aromatic carbocycles. The monoisotopic (exact) mass is 745 g/mol. The van der Waals surface area contributed by atoms with E-state index < -0.39 is 40.3 Å². The van der Waals surface area contributed by atoms with Gasteiger partial charge in [-0.25, -0.2) is 12.8 Å². The molecule has 0 fully saturated rings. The Morgan fingerprint density at radius 1 is 0.808 bits per heavy atom. The number of sulfonamides is 1. The largest absolute Gasteiger partial charge is 0.493 e. The van der Waals surface area contributed by atoms with E-state index in [9.17, 15) is 22.4 Å². The van der Waals surface area contributed by atoms with Gasteiger partial charge < -0.3 is 24.4 Å². The first kappa shape index (κ1) is 37.7. The highest BCUT2D eigenvalue weighted by Gasteiger charge is 2.32. The predicted molar refractivity (Wildman–Crippen MR) is 197 cm³/mol. The van der Waals surface area contributed by atoms with Crippen LogP contribution in [0, 0.1) is 5.82 Å². The summed E-state index contributed by atoms with van der Waals surface area (Å²) in [4.78, 5) is 29.4. The standard InChI is InChI=1S/C39H37ClFN3O7S/c1-49-35-21-10-27(24-36(35)50-2)22-23-42-39(46)38(29-6-4-3-5-7-29)44(25-28-8-11-30(40)12-9-28)37(45)26-51-33-17-19-34(20-18-33)52(47,48)43-32-15-13-31(41)14-16-32/h3-21,24,38,43H,22-23,25-26H2,1-2H3,(H,42,46)/t38-/m0/s1. The molecule has 0 saturated heterocycles. The van der Waals surface area contributed by atoms with Crippen LogP contribution in [-0.2, 0) is 32.6 Å². The number of carbonyl (C=O) groups excluding carboxylic acids is 2. The van der Waals surface area contributed by atoms with Crippen molar-refractivity contribution in [2.75, 3.05) is 32.1 Å². The summed E-state index contributed by atoms with van der Waals surface area (Å²) in [5.74, 6) is 0.0263. The third-order valence-electron chi connectivity index (χ3n) is 8.02. The molecule has 270 valence electrons. The molecule has 13 heteroatoms. The van der Waals surface area contributed by atoms with Crippen molar-refractivity contribution in [1.29, 1.82) is 0 Å². The molecular weight excluding hydrogens is 709 g/mol. The van der Waals surface area contributed by atoms with Crippen molar-refractivity contribution in [2.45, 2.75) is 23.9 Å². The van der Waals surface area contributed by atoms with Crippen molar-refractivity contribution >= 4 is 39.1 Å². The number of ether oxygens (including phenoxy) is 3. The summed E-state index contributed by atoms with van der Waals surface area (Å²) in [6.07, 6.45) is 0.493. The van der Waals surface area contributed by atoms with E-state index >= 15 is 0 Å². The molecule has 0 aliphatic carbocycles. The maximum Gasteiger partial charge on any atom is 0.261 e. The van der Waals surface area contributed by atoms with Gasteiger partial charge in [0, 0.05) is 23.8 Å². The van der Waals surface area contributed by atoms with Crippen LogP contribution in [0.15, 0.2) is 126 Å². The lowest BCUT2D eigenvalue weighted by atomic mass is 10.0. The summed E-state index contributed by atoms with van der Waals surface area (Å²) in [6.45, 7) is -0.105. The number of nitrogens with zero attached hydrogens (tertiary/aromatic N) is 1. The van der Waals surface area contributed by atoms with Crippen LogP contribution in [0.2, 0.25) is 5.02 Å². The van der Waals surface area contributed by atoms with E-state index in [-0.39, 0.29) is 29.4 Å². The number of halogens is 2. The summed E-state index contributed by atoms with van der Waals surface area (Å²) >= 11 is 6.13. The van der Waals surface area contributed by atoms with Crippen LogP contribution in [0.5, 0.6) is 17.2 Å². The molecule has 1 atom stereocenters. The van der Waals surface area contributed by atoms with Crippen molar-refractivity contribution in [3.63, 3.8) is 0 Å². The lowest BCUT2D eigenvalue weighted by molar-refractivity contribution is -0.143. The molecule has 2 N–H and O–H groups in total. The van der Waals surface area contributed by atoms with E-state index in [2.05, 4.69) is 10.0 Å². The summed E-state index contributed by atoms with van der Waals surface area (Å²) in [7, 11) is -0.865. The van der Waals surface area contributed by atoms with Gasteiger partial charge in [0.2, 0.25) is 5.91 Å². The average Bonchev–Trinajstić information content (AvgIpc) is 3.15. The molecule has 0 heterocycles. The second kappa shape index (κ2) is 17.6. The highest BCUT2D eigenvalue weighted by Crippen LogP contribution is 2.28. The number of nitrogens with one attached hydrogen (secondary N) is 2. The Bertz CT molecular complexity index is 2070. The molecule has 0 aromatic heterocycles.